The van der Waals surface area contributed by atoms with Crippen LogP contribution in [0, 0.1) is 3.57 Å². The molecule has 6 heteroatoms. The van der Waals surface area contributed by atoms with Crippen molar-refractivity contribution in [3.63, 3.8) is 0 Å². The Morgan fingerprint density at radius 2 is 1.95 bits per heavy atom. The molecule has 0 heterocycles. The molecule has 0 spiro atoms. The number of rotatable bonds is 6. The van der Waals surface area contributed by atoms with E-state index in [4.69, 9.17) is 0 Å². The number of aliphatic carboxylic acids is 1. The van der Waals surface area contributed by atoms with Crippen LogP contribution in [0.2, 0.25) is 0 Å². The third kappa shape index (κ3) is 4.17. The number of nitrogens with zero attached hydrogens (tertiary/aromatic N) is 1. The lowest BCUT2D eigenvalue weighted by molar-refractivity contribution is -0.149. The van der Waals surface area contributed by atoms with Gasteiger partial charge in [-0.25, -0.2) is 0 Å². The first-order valence-corrected chi connectivity index (χ1v) is 7.39. The van der Waals surface area contributed by atoms with Gasteiger partial charge in [0.2, 0.25) is 5.91 Å². The van der Waals surface area contributed by atoms with Gasteiger partial charge in [0.05, 0.1) is 12.2 Å². The molecule has 1 aromatic carbocycles. The number of anilines is 1. The van der Waals surface area contributed by atoms with Crippen LogP contribution in [0.5, 0.6) is 0 Å². The van der Waals surface area contributed by atoms with Crippen LogP contribution in [-0.2, 0) is 9.59 Å². The van der Waals surface area contributed by atoms with Gasteiger partial charge in [0.1, 0.15) is 5.54 Å². The Bertz CT molecular complexity index is 503. The van der Waals surface area contributed by atoms with Crippen LogP contribution in [0.25, 0.3) is 0 Å². The molecule has 0 fully saturated rings. The molecule has 0 aromatic heterocycles. The largest absolute Gasteiger partial charge is 0.480 e. The quantitative estimate of drug-likeness (QED) is 0.733. The number of para-hydroxylation sites is 1. The van der Waals surface area contributed by atoms with E-state index in [1.165, 1.54) is 0 Å². The first kappa shape index (κ1) is 16.9. The van der Waals surface area contributed by atoms with Gasteiger partial charge in [-0.15, -0.1) is 0 Å². The Kier molecular flexibility index (Phi) is 5.94. The molecule has 2 N–H and O–H groups in total. The Labute approximate surface area is 132 Å². The van der Waals surface area contributed by atoms with Crippen molar-refractivity contribution in [3.05, 3.63) is 27.8 Å². The van der Waals surface area contributed by atoms with E-state index < -0.39 is 11.5 Å². The molecule has 1 aromatic rings. The van der Waals surface area contributed by atoms with Gasteiger partial charge < -0.3 is 10.4 Å². The highest BCUT2D eigenvalue weighted by Gasteiger charge is 2.34. The zero-order valence-electron chi connectivity index (χ0n) is 11.8. The van der Waals surface area contributed by atoms with Gasteiger partial charge in [-0.1, -0.05) is 19.1 Å². The molecule has 5 nitrogen and oxygen atoms in total. The van der Waals surface area contributed by atoms with Gasteiger partial charge in [-0.2, -0.15) is 0 Å². The molecule has 0 aliphatic rings. The summed E-state index contributed by atoms with van der Waals surface area (Å²) in [6.07, 6.45) is 0. The number of hydrogen-bond donors (Lipinski definition) is 2. The highest BCUT2D eigenvalue weighted by atomic mass is 127. The molecule has 1 amide bonds. The lowest BCUT2D eigenvalue weighted by atomic mass is 10.0. The van der Waals surface area contributed by atoms with Crippen LogP contribution in [0.1, 0.15) is 20.8 Å². The monoisotopic (exact) mass is 390 g/mol. The average molecular weight is 390 g/mol. The van der Waals surface area contributed by atoms with Gasteiger partial charge in [0, 0.05) is 3.57 Å². The third-order valence-electron chi connectivity index (χ3n) is 3.18. The summed E-state index contributed by atoms with van der Waals surface area (Å²) in [5.41, 5.74) is -0.335. The fourth-order valence-electron chi connectivity index (χ4n) is 1.77. The van der Waals surface area contributed by atoms with E-state index in [0.717, 1.165) is 9.26 Å². The number of amides is 1. The van der Waals surface area contributed by atoms with Crippen LogP contribution < -0.4 is 5.32 Å². The maximum Gasteiger partial charge on any atom is 0.323 e. The maximum atomic E-state index is 12.1. The summed E-state index contributed by atoms with van der Waals surface area (Å²) in [4.78, 5) is 24.9. The summed E-state index contributed by atoms with van der Waals surface area (Å²) in [6, 6.07) is 7.45. The van der Waals surface area contributed by atoms with Crippen LogP contribution in [0.15, 0.2) is 24.3 Å². The van der Waals surface area contributed by atoms with Crippen LogP contribution in [0.4, 0.5) is 5.69 Å². The van der Waals surface area contributed by atoms with Crippen molar-refractivity contribution in [1.82, 2.24) is 4.90 Å². The van der Waals surface area contributed by atoms with Crippen molar-refractivity contribution >= 4 is 40.2 Å². The summed E-state index contributed by atoms with van der Waals surface area (Å²) in [7, 11) is 0. The summed E-state index contributed by atoms with van der Waals surface area (Å²) >= 11 is 2.14. The first-order chi connectivity index (χ1) is 9.28. The fraction of sp³-hybridized carbons (Fsp3) is 0.429. The van der Waals surface area contributed by atoms with Crippen LogP contribution >= 0.6 is 22.6 Å². The number of hydrogen-bond acceptors (Lipinski definition) is 3. The second kappa shape index (κ2) is 7.03. The van der Waals surface area contributed by atoms with Crippen molar-refractivity contribution in [2.45, 2.75) is 26.3 Å². The molecule has 0 bridgehead atoms. The second-order valence-electron chi connectivity index (χ2n) is 4.91. The molecular weight excluding hydrogens is 371 g/mol. The van der Waals surface area contributed by atoms with Crippen LogP contribution in [-0.4, -0.2) is 40.5 Å². The SMILES string of the molecule is CCN(CC(=O)Nc1ccccc1I)C(C)(C)C(=O)O. The summed E-state index contributed by atoms with van der Waals surface area (Å²) < 4.78 is 0.944. The smallest absolute Gasteiger partial charge is 0.323 e. The molecule has 0 unspecified atom stereocenters. The number of benzene rings is 1. The fourth-order valence-corrected chi connectivity index (χ4v) is 2.29. The zero-order chi connectivity index (χ0) is 15.3. The predicted molar refractivity (Wildman–Crippen MR) is 86.8 cm³/mol. The van der Waals surface area contributed by atoms with Gasteiger partial charge >= 0.3 is 5.97 Å². The number of carbonyl (C=O) groups excluding carboxylic acids is 1. The minimum atomic E-state index is -1.07. The summed E-state index contributed by atoms with van der Waals surface area (Å²) in [5.74, 6) is -1.16. The number of carbonyl (C=O) groups is 2. The normalized spacial score (nSPS) is 11.4. The van der Waals surface area contributed by atoms with E-state index in [2.05, 4.69) is 27.9 Å². The first-order valence-electron chi connectivity index (χ1n) is 6.31. The van der Waals surface area contributed by atoms with E-state index in [0.29, 0.717) is 6.54 Å². The maximum absolute atomic E-state index is 12.1. The predicted octanol–water partition coefficient (Wildman–Crippen LogP) is 2.41. The Hall–Kier alpha value is -1.15. The van der Waals surface area contributed by atoms with E-state index in [1.807, 2.05) is 31.2 Å². The Morgan fingerprint density at radius 3 is 2.45 bits per heavy atom. The molecule has 0 aliphatic carbocycles. The van der Waals surface area contributed by atoms with Gasteiger partial charge in [0.25, 0.3) is 0 Å². The van der Waals surface area contributed by atoms with Gasteiger partial charge in [-0.3, -0.25) is 14.5 Å². The minimum absolute atomic E-state index is 0.0424. The molecule has 20 heavy (non-hydrogen) atoms. The molecular formula is C14H19IN2O3. The molecule has 0 radical (unpaired) electrons. The van der Waals surface area contributed by atoms with E-state index in [-0.39, 0.29) is 12.5 Å². The molecule has 0 aliphatic heterocycles. The molecule has 1 rings (SSSR count). The van der Waals surface area contributed by atoms with Crippen molar-refractivity contribution in [2.75, 3.05) is 18.4 Å². The second-order valence-corrected chi connectivity index (χ2v) is 6.07. The van der Waals surface area contributed by atoms with Crippen molar-refractivity contribution in [2.24, 2.45) is 0 Å². The van der Waals surface area contributed by atoms with Crippen LogP contribution in [0.3, 0.4) is 0 Å². The molecule has 0 saturated carbocycles. The Morgan fingerprint density at radius 1 is 1.35 bits per heavy atom. The summed E-state index contributed by atoms with van der Waals surface area (Å²) in [5, 5.41) is 12.0. The highest BCUT2D eigenvalue weighted by molar-refractivity contribution is 14.1. The third-order valence-corrected chi connectivity index (χ3v) is 4.12. The number of carboxylic acid groups (broad SMARTS) is 1. The number of halogens is 1. The van der Waals surface area contributed by atoms with E-state index in [9.17, 15) is 14.7 Å². The molecule has 0 atom stereocenters. The summed E-state index contributed by atoms with van der Waals surface area (Å²) in [6.45, 7) is 5.56. The molecule has 110 valence electrons. The van der Waals surface area contributed by atoms with Gasteiger partial charge in [-0.05, 0) is 55.1 Å². The average Bonchev–Trinajstić information content (AvgIpc) is 2.38. The zero-order valence-corrected chi connectivity index (χ0v) is 14.0. The van der Waals surface area contributed by atoms with Crippen molar-refractivity contribution in [3.8, 4) is 0 Å². The Balaban J connectivity index is 2.74. The van der Waals surface area contributed by atoms with Crippen molar-refractivity contribution in [1.29, 1.82) is 0 Å². The number of nitrogens with one attached hydrogen (secondary N) is 1. The van der Waals surface area contributed by atoms with Gasteiger partial charge in [0.15, 0.2) is 0 Å². The number of likely N-dealkylation sites (N-methyl/N-ethyl adjacent to an activating group) is 1. The van der Waals surface area contributed by atoms with E-state index in [1.54, 1.807) is 18.7 Å². The standard InChI is InChI=1S/C14H19IN2O3/c1-4-17(14(2,3)13(19)20)9-12(18)16-11-8-6-5-7-10(11)15/h5-8H,4,9H2,1-3H3,(H,16,18)(H,19,20). The molecule has 0 saturated heterocycles. The minimum Gasteiger partial charge on any atom is -0.480 e. The lowest BCUT2D eigenvalue weighted by Crippen LogP contribution is -2.52. The van der Waals surface area contributed by atoms with E-state index >= 15 is 0 Å². The highest BCUT2D eigenvalue weighted by Crippen LogP contribution is 2.18. The lowest BCUT2D eigenvalue weighted by Gasteiger charge is -2.33. The topological polar surface area (TPSA) is 69.6 Å². The van der Waals surface area contributed by atoms with Crippen molar-refractivity contribution < 1.29 is 14.7 Å². The number of carboxylic acids is 1.